The van der Waals surface area contributed by atoms with Crippen LogP contribution < -0.4 is 0 Å². The third-order valence-electron chi connectivity index (χ3n) is 3.55. The van der Waals surface area contributed by atoms with E-state index in [1.165, 1.54) is 28.2 Å². The summed E-state index contributed by atoms with van der Waals surface area (Å²) in [7, 11) is 0. The highest BCUT2D eigenvalue weighted by atomic mass is 15.0. The summed E-state index contributed by atoms with van der Waals surface area (Å²) in [6.07, 6.45) is 1.21. The first-order valence-electron chi connectivity index (χ1n) is 6.64. The van der Waals surface area contributed by atoms with Crippen LogP contribution in [0, 0.1) is 12.0 Å². The molecule has 1 heterocycles. The minimum absolute atomic E-state index is 0.733. The quantitative estimate of drug-likeness (QED) is 0.624. The van der Waals surface area contributed by atoms with Crippen molar-refractivity contribution in [3.05, 3.63) is 48.5 Å². The van der Waals surface area contributed by atoms with Crippen molar-refractivity contribution in [1.29, 1.82) is 0 Å². The number of nitrogens with zero attached hydrogens (tertiary/aromatic N) is 1. The van der Waals surface area contributed by atoms with Crippen molar-refractivity contribution in [2.24, 2.45) is 5.92 Å². The molecule has 2 aromatic carbocycles. The van der Waals surface area contributed by atoms with Gasteiger partial charge in [0.25, 0.3) is 0 Å². The number of rotatable bonds is 3. The summed E-state index contributed by atoms with van der Waals surface area (Å²) < 4.78 is 2.44. The monoisotopic (exact) mass is 236 g/mol. The second-order valence-electron chi connectivity index (χ2n) is 5.29. The van der Waals surface area contributed by atoms with E-state index < -0.39 is 0 Å². The first kappa shape index (κ1) is 11.3. The maximum Gasteiger partial charge on any atom is 0.0491 e. The van der Waals surface area contributed by atoms with Gasteiger partial charge in [0, 0.05) is 28.4 Å². The number of hydrogen-bond acceptors (Lipinski definition) is 0. The molecule has 18 heavy (non-hydrogen) atoms. The number of para-hydroxylation sites is 1. The Bertz CT molecular complexity index is 623. The maximum atomic E-state index is 3.19. The molecule has 0 N–H and O–H groups in total. The topological polar surface area (TPSA) is 4.93 Å². The van der Waals surface area contributed by atoms with Crippen LogP contribution in [-0.2, 0) is 6.54 Å². The summed E-state index contributed by atoms with van der Waals surface area (Å²) in [5.41, 5.74) is 2.67. The predicted molar refractivity (Wildman–Crippen MR) is 77.7 cm³/mol. The lowest BCUT2D eigenvalue weighted by Crippen LogP contribution is -2.00. The number of aryl methyl sites for hydroxylation is 1. The molecule has 1 nitrogen and oxygen atoms in total. The van der Waals surface area contributed by atoms with E-state index in [-0.39, 0.29) is 0 Å². The highest BCUT2D eigenvalue weighted by Crippen LogP contribution is 2.28. The second-order valence-corrected chi connectivity index (χ2v) is 5.29. The van der Waals surface area contributed by atoms with E-state index in [0.29, 0.717) is 0 Å². The van der Waals surface area contributed by atoms with Crippen LogP contribution in [0.25, 0.3) is 21.8 Å². The molecular formula is C17H18N. The van der Waals surface area contributed by atoms with Crippen LogP contribution in [0.2, 0.25) is 0 Å². The van der Waals surface area contributed by atoms with Crippen molar-refractivity contribution in [2.75, 3.05) is 0 Å². The lowest BCUT2D eigenvalue weighted by Gasteiger charge is -2.09. The van der Waals surface area contributed by atoms with Crippen molar-refractivity contribution in [3.8, 4) is 0 Å². The number of benzene rings is 2. The largest absolute Gasteiger partial charge is 0.340 e. The predicted octanol–water partition coefficient (Wildman–Crippen LogP) is 4.64. The van der Waals surface area contributed by atoms with Gasteiger partial charge in [-0.25, -0.2) is 0 Å². The summed E-state index contributed by atoms with van der Waals surface area (Å²) in [4.78, 5) is 0. The van der Waals surface area contributed by atoms with Crippen LogP contribution in [0.1, 0.15) is 20.3 Å². The highest BCUT2D eigenvalue weighted by molar-refractivity contribution is 6.07. The van der Waals surface area contributed by atoms with Crippen molar-refractivity contribution < 1.29 is 0 Å². The lowest BCUT2D eigenvalue weighted by molar-refractivity contribution is 0.531. The van der Waals surface area contributed by atoms with E-state index in [2.05, 4.69) is 60.9 Å². The SMILES string of the molecule is CC(C)CCn1c2cc[c]cc2c2ccccc21. The molecule has 91 valence electrons. The fraction of sp³-hybridized carbons (Fsp3) is 0.294. The third-order valence-corrected chi connectivity index (χ3v) is 3.55. The van der Waals surface area contributed by atoms with E-state index in [1.807, 2.05) is 6.07 Å². The Morgan fingerprint density at radius 3 is 2.67 bits per heavy atom. The van der Waals surface area contributed by atoms with Crippen molar-refractivity contribution in [3.63, 3.8) is 0 Å². The van der Waals surface area contributed by atoms with Gasteiger partial charge in [-0.05, 0) is 36.6 Å². The average Bonchev–Trinajstić information content (AvgIpc) is 2.71. The molecule has 1 aromatic heterocycles. The van der Waals surface area contributed by atoms with Crippen molar-refractivity contribution >= 4 is 21.8 Å². The molecule has 0 saturated heterocycles. The molecule has 0 fully saturated rings. The summed E-state index contributed by atoms with van der Waals surface area (Å²) >= 11 is 0. The maximum absolute atomic E-state index is 3.19. The first-order chi connectivity index (χ1) is 8.77. The minimum Gasteiger partial charge on any atom is -0.340 e. The van der Waals surface area contributed by atoms with Crippen LogP contribution in [0.4, 0.5) is 0 Å². The van der Waals surface area contributed by atoms with Gasteiger partial charge in [0.15, 0.2) is 0 Å². The van der Waals surface area contributed by atoms with Gasteiger partial charge < -0.3 is 4.57 Å². The third kappa shape index (κ3) is 1.80. The van der Waals surface area contributed by atoms with E-state index in [1.54, 1.807) is 0 Å². The van der Waals surface area contributed by atoms with Crippen LogP contribution >= 0.6 is 0 Å². The molecule has 0 aliphatic carbocycles. The molecule has 0 bridgehead atoms. The minimum atomic E-state index is 0.733. The Labute approximate surface area is 108 Å². The van der Waals surface area contributed by atoms with Gasteiger partial charge in [-0.3, -0.25) is 0 Å². The Kier molecular flexibility index (Phi) is 2.83. The number of hydrogen-bond donors (Lipinski definition) is 0. The average molecular weight is 236 g/mol. The zero-order chi connectivity index (χ0) is 12.5. The molecule has 3 rings (SSSR count). The number of aromatic nitrogens is 1. The van der Waals surface area contributed by atoms with Gasteiger partial charge in [-0.1, -0.05) is 38.1 Å². The summed E-state index contributed by atoms with van der Waals surface area (Å²) in [5, 5.41) is 2.66. The van der Waals surface area contributed by atoms with Crippen molar-refractivity contribution in [1.82, 2.24) is 4.57 Å². The molecule has 0 atom stereocenters. The molecule has 0 spiro atoms. The highest BCUT2D eigenvalue weighted by Gasteiger charge is 2.09. The Morgan fingerprint density at radius 2 is 1.83 bits per heavy atom. The Morgan fingerprint density at radius 1 is 1.06 bits per heavy atom. The van der Waals surface area contributed by atoms with Gasteiger partial charge in [0.05, 0.1) is 0 Å². The van der Waals surface area contributed by atoms with Crippen LogP contribution in [0.3, 0.4) is 0 Å². The molecule has 0 unspecified atom stereocenters. The summed E-state index contributed by atoms with van der Waals surface area (Å²) in [6.45, 7) is 5.65. The van der Waals surface area contributed by atoms with Crippen LogP contribution in [0.5, 0.6) is 0 Å². The second kappa shape index (κ2) is 4.49. The molecule has 0 aliphatic heterocycles. The molecule has 1 radical (unpaired) electrons. The molecule has 0 saturated carbocycles. The van der Waals surface area contributed by atoms with E-state index in [4.69, 9.17) is 0 Å². The molecule has 1 heteroatoms. The van der Waals surface area contributed by atoms with Gasteiger partial charge in [-0.15, -0.1) is 0 Å². The van der Waals surface area contributed by atoms with E-state index in [0.717, 1.165) is 12.5 Å². The molecule has 0 amide bonds. The van der Waals surface area contributed by atoms with Crippen LogP contribution in [-0.4, -0.2) is 4.57 Å². The van der Waals surface area contributed by atoms with E-state index in [9.17, 15) is 0 Å². The van der Waals surface area contributed by atoms with Gasteiger partial charge in [-0.2, -0.15) is 0 Å². The Hall–Kier alpha value is -1.76. The fourth-order valence-electron chi connectivity index (χ4n) is 2.57. The standard InChI is InChI=1S/C17H18N/c1-13(2)11-12-18-16-9-5-3-7-14(16)15-8-4-6-10-17(15)18/h3,5-10,13H,11-12H2,1-2H3. The lowest BCUT2D eigenvalue weighted by atomic mass is 10.1. The zero-order valence-electron chi connectivity index (χ0n) is 11.0. The Balaban J connectivity index is 2.24. The van der Waals surface area contributed by atoms with E-state index >= 15 is 0 Å². The smallest absolute Gasteiger partial charge is 0.0491 e. The molecule has 0 aliphatic rings. The van der Waals surface area contributed by atoms with Crippen LogP contribution in [0.15, 0.2) is 42.5 Å². The number of fused-ring (bicyclic) bond motifs is 3. The van der Waals surface area contributed by atoms with Gasteiger partial charge in [0.1, 0.15) is 0 Å². The summed E-state index contributed by atoms with van der Waals surface area (Å²) in [6, 6.07) is 18.1. The van der Waals surface area contributed by atoms with Gasteiger partial charge >= 0.3 is 0 Å². The molecular weight excluding hydrogens is 218 g/mol. The normalized spacial score (nSPS) is 11.7. The van der Waals surface area contributed by atoms with Gasteiger partial charge in [0.2, 0.25) is 0 Å². The molecule has 3 aromatic rings. The zero-order valence-corrected chi connectivity index (χ0v) is 11.0. The fourth-order valence-corrected chi connectivity index (χ4v) is 2.57. The summed E-state index contributed by atoms with van der Waals surface area (Å²) in [5.74, 6) is 0.733. The van der Waals surface area contributed by atoms with Crippen molar-refractivity contribution in [2.45, 2.75) is 26.8 Å². The first-order valence-corrected chi connectivity index (χ1v) is 6.64.